The van der Waals surface area contributed by atoms with E-state index in [1.54, 1.807) is 4.90 Å². The topological polar surface area (TPSA) is 29.5 Å². The van der Waals surface area contributed by atoms with Crippen LogP contribution in [0.2, 0.25) is 0 Å². The predicted molar refractivity (Wildman–Crippen MR) is 61.7 cm³/mol. The fraction of sp³-hybridized carbons (Fsp3) is 0.769. The summed E-state index contributed by atoms with van der Waals surface area (Å²) in [5, 5.41) is 0. The molecule has 88 valence electrons. The van der Waals surface area contributed by atoms with Gasteiger partial charge in [-0.1, -0.05) is 5.92 Å². The number of carbonyl (C=O) groups is 1. The molecule has 1 aliphatic heterocycles. The average Bonchev–Trinajstić information content (AvgIpc) is 2.97. The minimum Gasteiger partial charge on any atom is -0.365 e. The van der Waals surface area contributed by atoms with Gasteiger partial charge >= 0.3 is 0 Å². The minimum atomic E-state index is -0.248. The van der Waals surface area contributed by atoms with E-state index in [-0.39, 0.29) is 18.1 Å². The molecule has 0 spiro atoms. The molecule has 0 bridgehead atoms. The number of hydrogen-bond donors (Lipinski definition) is 0. The van der Waals surface area contributed by atoms with Crippen molar-refractivity contribution in [3.63, 3.8) is 0 Å². The molecule has 16 heavy (non-hydrogen) atoms. The van der Waals surface area contributed by atoms with Gasteiger partial charge in [-0.05, 0) is 38.5 Å². The van der Waals surface area contributed by atoms with Crippen molar-refractivity contribution in [3.05, 3.63) is 0 Å². The Morgan fingerprint density at radius 3 is 2.69 bits per heavy atom. The number of carbonyl (C=O) groups excluding carboxylic acids is 1. The number of ether oxygens (including phenoxy) is 1. The van der Waals surface area contributed by atoms with Gasteiger partial charge in [-0.2, -0.15) is 0 Å². The van der Waals surface area contributed by atoms with Crippen molar-refractivity contribution < 1.29 is 9.53 Å². The lowest BCUT2D eigenvalue weighted by Gasteiger charge is -2.23. The van der Waals surface area contributed by atoms with E-state index in [2.05, 4.69) is 5.92 Å². The quantitative estimate of drug-likeness (QED) is 0.672. The summed E-state index contributed by atoms with van der Waals surface area (Å²) in [4.78, 5) is 13.9. The van der Waals surface area contributed by atoms with Gasteiger partial charge in [-0.3, -0.25) is 4.79 Å². The molecule has 2 fully saturated rings. The van der Waals surface area contributed by atoms with E-state index >= 15 is 0 Å². The first-order valence-corrected chi connectivity index (χ1v) is 6.08. The Morgan fingerprint density at radius 1 is 1.44 bits per heavy atom. The van der Waals surface area contributed by atoms with Gasteiger partial charge in [-0.25, -0.2) is 0 Å². The van der Waals surface area contributed by atoms with Crippen molar-refractivity contribution in [1.82, 2.24) is 4.90 Å². The van der Waals surface area contributed by atoms with Gasteiger partial charge in [0.25, 0.3) is 5.91 Å². The Kier molecular flexibility index (Phi) is 3.50. The molecule has 0 aromatic rings. The molecule has 1 saturated carbocycles. The van der Waals surface area contributed by atoms with E-state index in [9.17, 15) is 4.79 Å². The van der Waals surface area contributed by atoms with Crippen molar-refractivity contribution in [2.24, 2.45) is 5.92 Å². The molecule has 0 aromatic carbocycles. The van der Waals surface area contributed by atoms with Crippen LogP contribution < -0.4 is 0 Å². The Morgan fingerprint density at radius 2 is 2.19 bits per heavy atom. The molecule has 1 amide bonds. The highest BCUT2D eigenvalue weighted by atomic mass is 16.5. The second-order valence-electron chi connectivity index (χ2n) is 4.88. The lowest BCUT2D eigenvalue weighted by molar-refractivity contribution is -0.142. The second kappa shape index (κ2) is 4.88. The zero-order valence-electron chi connectivity index (χ0n) is 9.82. The third-order valence-electron chi connectivity index (χ3n) is 3.28. The Hall–Kier alpha value is -1.01. The minimum absolute atomic E-state index is 0.0919. The molecule has 3 heteroatoms. The van der Waals surface area contributed by atoms with Gasteiger partial charge in [0, 0.05) is 6.54 Å². The molecule has 1 saturated heterocycles. The monoisotopic (exact) mass is 221 g/mol. The second-order valence-corrected chi connectivity index (χ2v) is 4.88. The SMILES string of the molecule is C#CCN(CC1CC1)C(=O)C1CCC(C)O1. The van der Waals surface area contributed by atoms with Gasteiger partial charge < -0.3 is 9.64 Å². The highest BCUT2D eigenvalue weighted by molar-refractivity contribution is 5.81. The molecular formula is C13H19NO2. The van der Waals surface area contributed by atoms with Crippen molar-refractivity contribution in [1.29, 1.82) is 0 Å². The van der Waals surface area contributed by atoms with Crippen LogP contribution in [0.4, 0.5) is 0 Å². The lowest BCUT2D eigenvalue weighted by atomic mass is 10.2. The van der Waals surface area contributed by atoms with E-state index in [4.69, 9.17) is 11.2 Å². The molecule has 1 heterocycles. The van der Waals surface area contributed by atoms with E-state index in [1.165, 1.54) is 12.8 Å². The van der Waals surface area contributed by atoms with E-state index in [0.29, 0.717) is 12.5 Å². The summed E-state index contributed by atoms with van der Waals surface area (Å²) in [6, 6.07) is 0. The van der Waals surface area contributed by atoms with E-state index in [1.807, 2.05) is 6.92 Å². The summed E-state index contributed by atoms with van der Waals surface area (Å²) in [7, 11) is 0. The molecular weight excluding hydrogens is 202 g/mol. The molecule has 1 aliphatic carbocycles. The molecule has 3 nitrogen and oxygen atoms in total. The number of nitrogens with zero attached hydrogens (tertiary/aromatic N) is 1. The highest BCUT2D eigenvalue weighted by Gasteiger charge is 2.33. The fourth-order valence-electron chi connectivity index (χ4n) is 2.14. The zero-order chi connectivity index (χ0) is 11.5. The van der Waals surface area contributed by atoms with Gasteiger partial charge in [0.2, 0.25) is 0 Å². The molecule has 2 unspecified atom stereocenters. The maximum atomic E-state index is 12.1. The van der Waals surface area contributed by atoms with Gasteiger partial charge in [0.15, 0.2) is 0 Å². The van der Waals surface area contributed by atoms with Gasteiger partial charge in [-0.15, -0.1) is 6.42 Å². The van der Waals surface area contributed by atoms with E-state index in [0.717, 1.165) is 19.4 Å². The van der Waals surface area contributed by atoms with Crippen LogP contribution in [0.3, 0.4) is 0 Å². The van der Waals surface area contributed by atoms with Crippen molar-refractivity contribution >= 4 is 5.91 Å². The molecule has 0 N–H and O–H groups in total. The van der Waals surface area contributed by atoms with Crippen molar-refractivity contribution in [2.75, 3.05) is 13.1 Å². The maximum absolute atomic E-state index is 12.1. The molecule has 0 radical (unpaired) electrons. The Balaban J connectivity index is 1.90. The molecule has 2 atom stereocenters. The van der Waals surface area contributed by atoms with Crippen molar-refractivity contribution in [2.45, 2.75) is 44.8 Å². The first-order chi connectivity index (χ1) is 7.70. The van der Waals surface area contributed by atoms with Crippen molar-refractivity contribution in [3.8, 4) is 12.3 Å². The summed E-state index contributed by atoms with van der Waals surface area (Å²) >= 11 is 0. The van der Waals surface area contributed by atoms with Crippen LogP contribution in [0.15, 0.2) is 0 Å². The normalized spacial score (nSPS) is 28.8. The summed E-state index contributed by atoms with van der Waals surface area (Å²) < 4.78 is 5.59. The van der Waals surface area contributed by atoms with Crippen LogP contribution in [0, 0.1) is 18.3 Å². The lowest BCUT2D eigenvalue weighted by Crippen LogP contribution is -2.40. The predicted octanol–water partition coefficient (Wildman–Crippen LogP) is 1.43. The molecule has 2 rings (SSSR count). The largest absolute Gasteiger partial charge is 0.365 e. The summed E-state index contributed by atoms with van der Waals surface area (Å²) in [6.07, 6.45) is 9.55. The Bertz CT molecular complexity index is 304. The number of amides is 1. The third kappa shape index (κ3) is 2.76. The number of terminal acetylenes is 1. The Labute approximate surface area is 97.1 Å². The number of hydrogen-bond acceptors (Lipinski definition) is 2. The summed E-state index contributed by atoms with van der Waals surface area (Å²) in [6.45, 7) is 3.25. The zero-order valence-corrected chi connectivity index (χ0v) is 9.82. The smallest absolute Gasteiger partial charge is 0.252 e. The van der Waals surface area contributed by atoms with E-state index < -0.39 is 0 Å². The first kappa shape index (κ1) is 11.5. The first-order valence-electron chi connectivity index (χ1n) is 6.08. The standard InChI is InChI=1S/C13H19NO2/c1-3-8-14(9-11-5-6-11)13(15)12-7-4-10(2)16-12/h1,10-12H,4-9H2,2H3. The number of rotatable bonds is 4. The third-order valence-corrected chi connectivity index (χ3v) is 3.28. The van der Waals surface area contributed by atoms with Crippen LogP contribution in [-0.4, -0.2) is 36.1 Å². The average molecular weight is 221 g/mol. The highest BCUT2D eigenvalue weighted by Crippen LogP contribution is 2.30. The molecule has 2 aliphatic rings. The summed E-state index contributed by atoms with van der Waals surface area (Å²) in [5.74, 6) is 3.33. The van der Waals surface area contributed by atoms with Crippen LogP contribution in [0.1, 0.15) is 32.6 Å². The maximum Gasteiger partial charge on any atom is 0.252 e. The molecule has 0 aromatic heterocycles. The van der Waals surface area contributed by atoms with Crippen LogP contribution in [0.25, 0.3) is 0 Å². The van der Waals surface area contributed by atoms with Gasteiger partial charge in [0.1, 0.15) is 6.10 Å². The fourth-order valence-corrected chi connectivity index (χ4v) is 2.14. The van der Waals surface area contributed by atoms with Crippen LogP contribution >= 0.6 is 0 Å². The van der Waals surface area contributed by atoms with Gasteiger partial charge in [0.05, 0.1) is 12.6 Å². The van der Waals surface area contributed by atoms with Crippen LogP contribution in [0.5, 0.6) is 0 Å². The van der Waals surface area contributed by atoms with Crippen LogP contribution in [-0.2, 0) is 9.53 Å². The summed E-state index contributed by atoms with van der Waals surface area (Å²) in [5.41, 5.74) is 0.